The van der Waals surface area contributed by atoms with E-state index in [1.165, 1.54) is 30.6 Å². The zero-order valence-electron chi connectivity index (χ0n) is 11.2. The minimum atomic E-state index is -0.118. The monoisotopic (exact) mass is 341 g/mol. The Morgan fingerprint density at radius 1 is 1.21 bits per heavy atom. The normalized spacial score (nSPS) is 23.0. The molecule has 1 aliphatic carbocycles. The minimum absolute atomic E-state index is 0.118. The molecule has 0 amide bonds. The average molecular weight is 342 g/mol. The molecule has 0 bridgehead atoms. The molecule has 0 radical (unpaired) electrons. The number of nitrogens with zero attached hydrogens (tertiary/aromatic N) is 1. The van der Waals surface area contributed by atoms with Crippen molar-refractivity contribution in [1.29, 1.82) is 0 Å². The number of hydrogen-bond acceptors (Lipinski definition) is 3. The molecule has 1 aliphatic heterocycles. The Labute approximate surface area is 127 Å². The topological polar surface area (TPSA) is 20.3 Å². The molecule has 0 unspecified atom stereocenters. The SMILES string of the molecule is O=C(Cc1ccc(Br)s1)C1(N2CCCC2)CCCC1. The number of ketones is 1. The van der Waals surface area contributed by atoms with Gasteiger partial charge in [-0.15, -0.1) is 11.3 Å². The van der Waals surface area contributed by atoms with Gasteiger partial charge in [-0.3, -0.25) is 9.69 Å². The second-order valence-electron chi connectivity index (χ2n) is 5.74. The standard InChI is InChI=1S/C15H20BrNOS/c16-14-6-5-12(19-14)11-13(18)15(7-1-2-8-15)17-9-3-4-10-17/h5-6H,1-4,7-11H2. The maximum Gasteiger partial charge on any atom is 0.158 e. The largest absolute Gasteiger partial charge is 0.297 e. The third-order valence-electron chi connectivity index (χ3n) is 4.62. The van der Waals surface area contributed by atoms with Gasteiger partial charge in [-0.1, -0.05) is 12.8 Å². The van der Waals surface area contributed by atoms with Crippen molar-refractivity contribution >= 4 is 33.0 Å². The van der Waals surface area contributed by atoms with Gasteiger partial charge in [0, 0.05) is 11.3 Å². The molecule has 4 heteroatoms. The summed E-state index contributed by atoms with van der Waals surface area (Å²) in [6.45, 7) is 2.25. The highest BCUT2D eigenvalue weighted by atomic mass is 79.9. The van der Waals surface area contributed by atoms with Crippen LogP contribution in [0.3, 0.4) is 0 Å². The molecule has 3 rings (SSSR count). The molecule has 2 heterocycles. The number of thiophene rings is 1. The lowest BCUT2D eigenvalue weighted by Crippen LogP contribution is -2.52. The van der Waals surface area contributed by atoms with E-state index in [9.17, 15) is 4.79 Å². The van der Waals surface area contributed by atoms with E-state index in [0.29, 0.717) is 12.2 Å². The lowest BCUT2D eigenvalue weighted by atomic mass is 9.88. The fourth-order valence-electron chi connectivity index (χ4n) is 3.65. The number of rotatable bonds is 4. The maximum atomic E-state index is 12.9. The van der Waals surface area contributed by atoms with E-state index in [0.717, 1.165) is 29.7 Å². The molecule has 2 fully saturated rings. The summed E-state index contributed by atoms with van der Waals surface area (Å²) in [7, 11) is 0. The van der Waals surface area contributed by atoms with Gasteiger partial charge in [-0.2, -0.15) is 0 Å². The molecule has 104 valence electrons. The zero-order valence-corrected chi connectivity index (χ0v) is 13.6. The molecule has 1 saturated carbocycles. The highest BCUT2D eigenvalue weighted by molar-refractivity contribution is 9.11. The van der Waals surface area contributed by atoms with Crippen molar-refractivity contribution in [1.82, 2.24) is 4.90 Å². The molecular formula is C15H20BrNOS. The molecule has 0 N–H and O–H groups in total. The summed E-state index contributed by atoms with van der Waals surface area (Å²) in [5.74, 6) is 0.459. The van der Waals surface area contributed by atoms with E-state index < -0.39 is 0 Å². The van der Waals surface area contributed by atoms with Crippen molar-refractivity contribution in [3.05, 3.63) is 20.8 Å². The van der Waals surface area contributed by atoms with Gasteiger partial charge >= 0.3 is 0 Å². The van der Waals surface area contributed by atoms with Crippen molar-refractivity contribution in [3.63, 3.8) is 0 Å². The van der Waals surface area contributed by atoms with Crippen LogP contribution >= 0.6 is 27.3 Å². The van der Waals surface area contributed by atoms with Gasteiger partial charge in [0.1, 0.15) is 0 Å². The van der Waals surface area contributed by atoms with Crippen LogP contribution in [-0.4, -0.2) is 29.3 Å². The van der Waals surface area contributed by atoms with E-state index in [1.807, 2.05) is 6.07 Å². The summed E-state index contributed by atoms with van der Waals surface area (Å²) < 4.78 is 1.12. The predicted molar refractivity (Wildman–Crippen MR) is 82.7 cm³/mol. The Hall–Kier alpha value is -0.190. The van der Waals surface area contributed by atoms with Crippen LogP contribution in [0, 0.1) is 0 Å². The van der Waals surface area contributed by atoms with Gasteiger partial charge in [-0.05, 0) is 66.8 Å². The molecule has 1 aromatic rings. The quantitative estimate of drug-likeness (QED) is 0.823. The second-order valence-corrected chi connectivity index (χ2v) is 8.29. The zero-order chi connectivity index (χ0) is 13.3. The van der Waals surface area contributed by atoms with Crippen LogP contribution in [0.5, 0.6) is 0 Å². The van der Waals surface area contributed by atoms with Crippen LogP contribution in [0.1, 0.15) is 43.4 Å². The molecular weight excluding hydrogens is 322 g/mol. The van der Waals surface area contributed by atoms with Crippen LogP contribution in [-0.2, 0) is 11.2 Å². The van der Waals surface area contributed by atoms with Crippen molar-refractivity contribution in [2.24, 2.45) is 0 Å². The Morgan fingerprint density at radius 3 is 2.47 bits per heavy atom. The summed E-state index contributed by atoms with van der Waals surface area (Å²) in [6, 6.07) is 4.13. The number of carbonyl (C=O) groups is 1. The van der Waals surface area contributed by atoms with Gasteiger partial charge in [0.05, 0.1) is 9.33 Å². The number of Topliss-reactive ketones (excluding diaryl/α,β-unsaturated/α-hetero) is 1. The molecule has 0 aromatic carbocycles. The predicted octanol–water partition coefficient (Wildman–Crippen LogP) is 4.03. The first-order valence-corrected chi connectivity index (χ1v) is 8.84. The summed E-state index contributed by atoms with van der Waals surface area (Å²) in [4.78, 5) is 16.6. The lowest BCUT2D eigenvalue weighted by molar-refractivity contribution is -0.129. The van der Waals surface area contributed by atoms with Crippen molar-refractivity contribution in [2.75, 3.05) is 13.1 Å². The summed E-state index contributed by atoms with van der Waals surface area (Å²) in [5, 5.41) is 0. The number of halogens is 1. The van der Waals surface area contributed by atoms with Crippen molar-refractivity contribution < 1.29 is 4.79 Å². The molecule has 0 spiro atoms. The Bertz CT molecular complexity index is 458. The Morgan fingerprint density at radius 2 is 1.89 bits per heavy atom. The fourth-order valence-corrected chi connectivity index (χ4v) is 5.13. The first-order valence-electron chi connectivity index (χ1n) is 7.23. The minimum Gasteiger partial charge on any atom is -0.297 e. The highest BCUT2D eigenvalue weighted by Crippen LogP contribution is 2.39. The van der Waals surface area contributed by atoms with Gasteiger partial charge in [0.15, 0.2) is 5.78 Å². The van der Waals surface area contributed by atoms with E-state index in [2.05, 4.69) is 26.9 Å². The van der Waals surface area contributed by atoms with E-state index in [-0.39, 0.29) is 5.54 Å². The Kier molecular flexibility index (Phi) is 4.11. The molecule has 2 aliphatic rings. The van der Waals surface area contributed by atoms with Crippen molar-refractivity contribution in [2.45, 2.75) is 50.5 Å². The summed E-state index contributed by atoms with van der Waals surface area (Å²) in [6.07, 6.45) is 7.75. The first kappa shape index (κ1) is 13.8. The molecule has 0 atom stereocenters. The van der Waals surface area contributed by atoms with Crippen LogP contribution in [0.25, 0.3) is 0 Å². The Balaban J connectivity index is 1.77. The number of hydrogen-bond donors (Lipinski definition) is 0. The molecule has 2 nitrogen and oxygen atoms in total. The average Bonchev–Trinajstić information content (AvgIpc) is 3.09. The van der Waals surface area contributed by atoms with Gasteiger partial charge in [0.2, 0.25) is 0 Å². The van der Waals surface area contributed by atoms with Crippen molar-refractivity contribution in [3.8, 4) is 0 Å². The van der Waals surface area contributed by atoms with Crippen LogP contribution in [0.4, 0.5) is 0 Å². The highest BCUT2D eigenvalue weighted by Gasteiger charge is 2.46. The molecule has 1 aromatic heterocycles. The van der Waals surface area contributed by atoms with E-state index in [1.54, 1.807) is 11.3 Å². The molecule has 1 saturated heterocycles. The number of likely N-dealkylation sites (tertiary alicyclic amines) is 1. The second kappa shape index (κ2) is 5.66. The first-order chi connectivity index (χ1) is 9.21. The van der Waals surface area contributed by atoms with Gasteiger partial charge in [-0.25, -0.2) is 0 Å². The van der Waals surface area contributed by atoms with Crippen LogP contribution in [0.15, 0.2) is 15.9 Å². The lowest BCUT2D eigenvalue weighted by Gasteiger charge is -2.37. The van der Waals surface area contributed by atoms with Gasteiger partial charge < -0.3 is 0 Å². The maximum absolute atomic E-state index is 12.9. The van der Waals surface area contributed by atoms with Crippen LogP contribution in [0.2, 0.25) is 0 Å². The van der Waals surface area contributed by atoms with Crippen LogP contribution < -0.4 is 0 Å². The number of carbonyl (C=O) groups excluding carboxylic acids is 1. The smallest absolute Gasteiger partial charge is 0.158 e. The third-order valence-corrected chi connectivity index (χ3v) is 6.25. The van der Waals surface area contributed by atoms with E-state index >= 15 is 0 Å². The van der Waals surface area contributed by atoms with Gasteiger partial charge in [0.25, 0.3) is 0 Å². The fraction of sp³-hybridized carbons (Fsp3) is 0.667. The third kappa shape index (κ3) is 2.67. The summed E-state index contributed by atoms with van der Waals surface area (Å²) in [5.41, 5.74) is -0.118. The van der Waals surface area contributed by atoms with E-state index in [4.69, 9.17) is 0 Å². The summed E-state index contributed by atoms with van der Waals surface area (Å²) >= 11 is 5.18. The molecule has 19 heavy (non-hydrogen) atoms.